The van der Waals surface area contributed by atoms with E-state index < -0.39 is 24.0 Å². The van der Waals surface area contributed by atoms with E-state index in [1.165, 1.54) is 24.1 Å². The lowest BCUT2D eigenvalue weighted by Crippen LogP contribution is -2.54. The van der Waals surface area contributed by atoms with E-state index >= 15 is 0 Å². The Labute approximate surface area is 248 Å². The fraction of sp³-hybridized carbons (Fsp3) is 0.379. The Kier molecular flexibility index (Phi) is 10.9. The highest BCUT2D eigenvalue weighted by atomic mass is 35.5. The molecule has 3 aromatic rings. The van der Waals surface area contributed by atoms with Crippen molar-refractivity contribution in [2.45, 2.75) is 31.5 Å². The summed E-state index contributed by atoms with van der Waals surface area (Å²) in [7, 11) is 1.52. The third kappa shape index (κ3) is 8.28. The van der Waals surface area contributed by atoms with Crippen LogP contribution in [0.15, 0.2) is 54.7 Å². The average Bonchev–Trinajstić information content (AvgIpc) is 3.01. The van der Waals surface area contributed by atoms with Gasteiger partial charge in [-0.05, 0) is 29.5 Å². The number of hydrogen-bond acceptors (Lipinski definition) is 7. The number of nitrogens with one attached hydrogen (secondary N) is 3. The minimum atomic E-state index is -0.762. The molecule has 4 N–H and O–H groups in total. The number of nitrogens with zero attached hydrogens (tertiary/aromatic N) is 3. The highest BCUT2D eigenvalue weighted by molar-refractivity contribution is 6.31. The van der Waals surface area contributed by atoms with Gasteiger partial charge in [-0.1, -0.05) is 48.0 Å². The molecule has 1 aromatic heterocycles. The van der Waals surface area contributed by atoms with Crippen molar-refractivity contribution < 1.29 is 28.6 Å². The van der Waals surface area contributed by atoms with Gasteiger partial charge in [0.15, 0.2) is 0 Å². The minimum absolute atomic E-state index is 0.0241. The molecule has 2 heterocycles. The van der Waals surface area contributed by atoms with E-state index in [1.807, 2.05) is 24.3 Å². The lowest BCUT2D eigenvalue weighted by molar-refractivity contribution is -0.133. The molecule has 0 saturated carbocycles. The molecule has 0 spiro atoms. The average molecular weight is 601 g/mol. The minimum Gasteiger partial charge on any atom is -0.447 e. The van der Waals surface area contributed by atoms with Crippen molar-refractivity contribution in [3.05, 3.63) is 71.1 Å². The van der Waals surface area contributed by atoms with Crippen molar-refractivity contribution in [1.82, 2.24) is 25.4 Å². The first kappa shape index (κ1) is 30.9. The number of pyridine rings is 1. The fourth-order valence-electron chi connectivity index (χ4n) is 4.62. The summed E-state index contributed by atoms with van der Waals surface area (Å²) in [6.45, 7) is 1.14. The lowest BCUT2D eigenvalue weighted by atomic mass is 10.1. The maximum atomic E-state index is 13.8. The summed E-state index contributed by atoms with van der Waals surface area (Å²) < 4.78 is 19.3. The smallest absolute Gasteiger partial charge is 0.412 e. The number of likely N-dealkylation sites (N-methyl/N-ethyl adjacent to an activating group) is 1. The normalized spacial score (nSPS) is 15.6. The monoisotopic (exact) mass is 600 g/mol. The number of aliphatic hydroxyl groups excluding tert-OH is 1. The standard InChI is InChI=1S/C29H34ClFN6O5/c1-36(28(40)34-15-21-7-4-8-24(31)27(21)30)23(9-10-26(39)37-12-11-32-22(16-37)17-38)18-42-29(41)35-25-13-19-5-2-3-6-20(19)14-33-25/h2-8,13-14,22-23,32,38H,9-12,15-18H2,1H3,(H,34,40)(H,33,35,41)/t22-,23+/m1/s1. The SMILES string of the molecule is CN(C(=O)NCc1cccc(F)c1Cl)[C@@H](CCC(=O)N1CCN[C@@H](CO)C1)COC(=O)Nc1cc2ccccc2cn1. The largest absolute Gasteiger partial charge is 0.447 e. The van der Waals surface area contributed by atoms with Crippen LogP contribution in [0.4, 0.5) is 19.8 Å². The highest BCUT2D eigenvalue weighted by Crippen LogP contribution is 2.20. The van der Waals surface area contributed by atoms with Gasteiger partial charge in [-0.25, -0.2) is 19.0 Å². The zero-order valence-electron chi connectivity index (χ0n) is 23.2. The van der Waals surface area contributed by atoms with Gasteiger partial charge < -0.3 is 30.3 Å². The van der Waals surface area contributed by atoms with Gasteiger partial charge >= 0.3 is 12.1 Å². The third-order valence-electron chi connectivity index (χ3n) is 7.12. The number of aromatic nitrogens is 1. The Morgan fingerprint density at radius 3 is 2.81 bits per heavy atom. The molecule has 11 nitrogen and oxygen atoms in total. The van der Waals surface area contributed by atoms with E-state index in [4.69, 9.17) is 16.3 Å². The van der Waals surface area contributed by atoms with Crippen LogP contribution >= 0.6 is 11.6 Å². The number of hydrogen-bond donors (Lipinski definition) is 4. The molecule has 1 fully saturated rings. The van der Waals surface area contributed by atoms with E-state index in [9.17, 15) is 23.9 Å². The van der Waals surface area contributed by atoms with E-state index in [0.717, 1.165) is 10.8 Å². The molecule has 42 heavy (non-hydrogen) atoms. The number of anilines is 1. The number of fused-ring (bicyclic) bond motifs is 1. The molecule has 2 aromatic carbocycles. The Bertz CT molecular complexity index is 1410. The number of carbonyl (C=O) groups is 3. The second kappa shape index (κ2) is 14.8. The van der Waals surface area contributed by atoms with Crippen molar-refractivity contribution in [3.63, 3.8) is 0 Å². The van der Waals surface area contributed by atoms with Crippen molar-refractivity contribution >= 4 is 46.2 Å². The summed E-state index contributed by atoms with van der Waals surface area (Å²) in [4.78, 5) is 45.8. The topological polar surface area (TPSA) is 136 Å². The molecule has 0 bridgehead atoms. The molecule has 4 rings (SSSR count). The molecule has 2 atom stereocenters. The molecule has 1 saturated heterocycles. The van der Waals surface area contributed by atoms with Crippen LogP contribution in [0.1, 0.15) is 18.4 Å². The summed E-state index contributed by atoms with van der Waals surface area (Å²) in [5.41, 5.74) is 0.404. The van der Waals surface area contributed by atoms with Crippen LogP contribution in [-0.2, 0) is 16.1 Å². The predicted octanol–water partition coefficient (Wildman–Crippen LogP) is 3.36. The third-order valence-corrected chi connectivity index (χ3v) is 7.54. The zero-order chi connectivity index (χ0) is 30.1. The number of carbonyl (C=O) groups excluding carboxylic acids is 3. The number of benzene rings is 2. The number of rotatable bonds is 10. The van der Waals surface area contributed by atoms with Crippen molar-refractivity contribution in [3.8, 4) is 0 Å². The second-order valence-corrected chi connectivity index (χ2v) is 10.4. The van der Waals surface area contributed by atoms with Crippen LogP contribution in [0.5, 0.6) is 0 Å². The van der Waals surface area contributed by atoms with Crippen LogP contribution in [0.2, 0.25) is 5.02 Å². The summed E-state index contributed by atoms with van der Waals surface area (Å²) >= 11 is 6.01. The molecule has 4 amide bonds. The van der Waals surface area contributed by atoms with Gasteiger partial charge in [0.1, 0.15) is 18.2 Å². The van der Waals surface area contributed by atoms with Crippen LogP contribution in [0, 0.1) is 5.82 Å². The summed E-state index contributed by atoms with van der Waals surface area (Å²) in [5, 5.41) is 19.6. The maximum Gasteiger partial charge on any atom is 0.412 e. The van der Waals surface area contributed by atoms with E-state index in [1.54, 1.807) is 23.2 Å². The van der Waals surface area contributed by atoms with Gasteiger partial charge in [0, 0.05) is 57.3 Å². The van der Waals surface area contributed by atoms with Crippen LogP contribution in [-0.4, -0.2) is 89.9 Å². The number of aliphatic hydroxyl groups is 1. The molecule has 13 heteroatoms. The Morgan fingerprint density at radius 2 is 2.02 bits per heavy atom. The van der Waals surface area contributed by atoms with Crippen molar-refractivity contribution in [2.75, 3.05) is 45.2 Å². The van der Waals surface area contributed by atoms with Crippen LogP contribution < -0.4 is 16.0 Å². The van der Waals surface area contributed by atoms with Gasteiger partial charge in [-0.15, -0.1) is 0 Å². The number of ether oxygens (including phenoxy) is 1. The zero-order valence-corrected chi connectivity index (χ0v) is 23.9. The predicted molar refractivity (Wildman–Crippen MR) is 157 cm³/mol. The molecule has 224 valence electrons. The van der Waals surface area contributed by atoms with Crippen molar-refractivity contribution in [2.24, 2.45) is 0 Å². The van der Waals surface area contributed by atoms with Gasteiger partial charge in [-0.2, -0.15) is 0 Å². The van der Waals surface area contributed by atoms with Crippen LogP contribution in [0.25, 0.3) is 10.8 Å². The Hall–Kier alpha value is -4.00. The molecular weight excluding hydrogens is 567 g/mol. The fourth-order valence-corrected chi connectivity index (χ4v) is 4.81. The van der Waals surface area contributed by atoms with Gasteiger partial charge in [0.25, 0.3) is 0 Å². The first-order valence-corrected chi connectivity index (χ1v) is 14.0. The number of amides is 4. The van der Waals surface area contributed by atoms with E-state index in [2.05, 4.69) is 20.9 Å². The molecule has 0 radical (unpaired) electrons. The summed E-state index contributed by atoms with van der Waals surface area (Å²) in [6, 6.07) is 12.2. The highest BCUT2D eigenvalue weighted by Gasteiger charge is 2.27. The van der Waals surface area contributed by atoms with E-state index in [0.29, 0.717) is 31.0 Å². The second-order valence-electron chi connectivity index (χ2n) is 9.99. The quantitative estimate of drug-likeness (QED) is 0.280. The number of halogens is 2. The molecular formula is C29H34ClFN6O5. The Morgan fingerprint density at radius 1 is 1.24 bits per heavy atom. The van der Waals surface area contributed by atoms with E-state index in [-0.39, 0.29) is 49.6 Å². The molecule has 1 aliphatic heterocycles. The Balaban J connectivity index is 1.38. The first-order valence-electron chi connectivity index (χ1n) is 13.6. The van der Waals surface area contributed by atoms with Gasteiger partial charge in [-0.3, -0.25) is 10.1 Å². The summed E-state index contributed by atoms with van der Waals surface area (Å²) in [5.74, 6) is -0.421. The lowest BCUT2D eigenvalue weighted by Gasteiger charge is -2.34. The molecule has 1 aliphatic rings. The van der Waals surface area contributed by atoms with Crippen molar-refractivity contribution in [1.29, 1.82) is 0 Å². The molecule has 0 unspecified atom stereocenters. The summed E-state index contributed by atoms with van der Waals surface area (Å²) in [6.07, 6.45) is 1.17. The van der Waals surface area contributed by atoms with Crippen LogP contribution in [0.3, 0.4) is 0 Å². The first-order chi connectivity index (χ1) is 20.2. The maximum absolute atomic E-state index is 13.8. The number of urea groups is 1. The molecule has 0 aliphatic carbocycles. The van der Waals surface area contributed by atoms with Gasteiger partial charge in [0.2, 0.25) is 5.91 Å². The number of piperazine rings is 1. The van der Waals surface area contributed by atoms with Gasteiger partial charge in [0.05, 0.1) is 17.7 Å².